The van der Waals surface area contributed by atoms with Gasteiger partial charge in [0.15, 0.2) is 0 Å². The molecular formula is C40H52O4. The van der Waals surface area contributed by atoms with Gasteiger partial charge in [-0.1, -0.05) is 118 Å². The van der Waals surface area contributed by atoms with Gasteiger partial charge in [0.1, 0.15) is 23.0 Å². The first-order chi connectivity index (χ1) is 20.5. The molecule has 0 atom stereocenters. The van der Waals surface area contributed by atoms with Crippen LogP contribution in [0.3, 0.4) is 0 Å². The Labute approximate surface area is 265 Å². The molecule has 4 aromatic carbocycles. The van der Waals surface area contributed by atoms with Gasteiger partial charge in [0.05, 0.1) is 0 Å². The molecular weight excluding hydrogens is 544 g/mol. The topological polar surface area (TPSA) is 80.9 Å². The molecule has 4 aromatic rings. The summed E-state index contributed by atoms with van der Waals surface area (Å²) >= 11 is 0. The highest BCUT2D eigenvalue weighted by Crippen LogP contribution is 2.39. The molecule has 0 fully saturated rings. The monoisotopic (exact) mass is 596 g/mol. The third-order valence-corrected chi connectivity index (χ3v) is 9.11. The molecule has 0 aliphatic heterocycles. The number of benzene rings is 4. The fourth-order valence-electron chi connectivity index (χ4n) is 5.66. The van der Waals surface area contributed by atoms with Crippen LogP contribution < -0.4 is 0 Å². The van der Waals surface area contributed by atoms with Crippen LogP contribution in [0.2, 0.25) is 0 Å². The van der Waals surface area contributed by atoms with Crippen molar-refractivity contribution >= 4 is 0 Å². The number of phenols is 4. The van der Waals surface area contributed by atoms with Crippen molar-refractivity contribution in [3.05, 3.63) is 117 Å². The summed E-state index contributed by atoms with van der Waals surface area (Å²) in [5.74, 6) is 1.98. The third-order valence-electron chi connectivity index (χ3n) is 9.11. The first-order valence-corrected chi connectivity index (χ1v) is 15.9. The first kappa shape index (κ1) is 34.6. The van der Waals surface area contributed by atoms with Gasteiger partial charge in [0.2, 0.25) is 0 Å². The number of phenolic OH excluding ortho intramolecular Hbond substituents is 4. The van der Waals surface area contributed by atoms with Gasteiger partial charge in [-0.3, -0.25) is 0 Å². The Balaban J connectivity index is 0.000000241. The van der Waals surface area contributed by atoms with E-state index in [0.717, 1.165) is 35.1 Å². The Bertz CT molecular complexity index is 1460. The fourth-order valence-corrected chi connectivity index (χ4v) is 5.66. The van der Waals surface area contributed by atoms with Crippen molar-refractivity contribution < 1.29 is 20.4 Å². The van der Waals surface area contributed by atoms with Gasteiger partial charge in [-0.25, -0.2) is 0 Å². The Hall–Kier alpha value is -3.92. The molecule has 0 spiro atoms. The molecule has 44 heavy (non-hydrogen) atoms. The van der Waals surface area contributed by atoms with E-state index < -0.39 is 0 Å². The van der Waals surface area contributed by atoms with Gasteiger partial charge in [-0.05, 0) is 93.5 Å². The normalized spacial score (nSPS) is 11.9. The van der Waals surface area contributed by atoms with Gasteiger partial charge in [0.25, 0.3) is 0 Å². The molecule has 0 radical (unpaired) electrons. The summed E-state index contributed by atoms with van der Waals surface area (Å²) in [7, 11) is 0. The van der Waals surface area contributed by atoms with E-state index in [-0.39, 0.29) is 22.7 Å². The Morgan fingerprint density at radius 3 is 1.00 bits per heavy atom. The van der Waals surface area contributed by atoms with Crippen molar-refractivity contribution in [2.45, 2.75) is 105 Å². The van der Waals surface area contributed by atoms with Crippen molar-refractivity contribution in [3.63, 3.8) is 0 Å². The lowest BCUT2D eigenvalue weighted by Crippen LogP contribution is -2.19. The van der Waals surface area contributed by atoms with Crippen LogP contribution in [0.25, 0.3) is 0 Å². The van der Waals surface area contributed by atoms with Crippen molar-refractivity contribution in [1.82, 2.24) is 0 Å². The maximum atomic E-state index is 10.1. The minimum Gasteiger partial charge on any atom is -0.508 e. The lowest BCUT2D eigenvalue weighted by atomic mass is 9.76. The fraction of sp³-hybridized carbons (Fsp3) is 0.400. The Morgan fingerprint density at radius 2 is 0.727 bits per heavy atom. The average Bonchev–Trinajstić information content (AvgIpc) is 2.97. The minimum absolute atomic E-state index is 0.171. The second-order valence-electron chi connectivity index (χ2n) is 13.5. The maximum Gasteiger partial charge on any atom is 0.119 e. The van der Waals surface area contributed by atoms with Crippen LogP contribution in [0.5, 0.6) is 23.0 Å². The van der Waals surface area contributed by atoms with E-state index in [0.29, 0.717) is 23.0 Å². The van der Waals surface area contributed by atoms with Crippen molar-refractivity contribution in [2.24, 2.45) is 0 Å². The summed E-state index contributed by atoms with van der Waals surface area (Å²) in [4.78, 5) is 0. The molecule has 4 rings (SSSR count). The molecule has 0 bridgehead atoms. The molecule has 0 saturated heterocycles. The van der Waals surface area contributed by atoms with E-state index >= 15 is 0 Å². The minimum atomic E-state index is -0.200. The molecule has 0 saturated carbocycles. The quantitative estimate of drug-likeness (QED) is 0.163. The van der Waals surface area contributed by atoms with E-state index in [2.05, 4.69) is 79.7 Å². The summed E-state index contributed by atoms with van der Waals surface area (Å²) in [5.41, 5.74) is 8.18. The van der Waals surface area contributed by atoms with Crippen molar-refractivity contribution in [3.8, 4) is 23.0 Å². The molecule has 4 nitrogen and oxygen atoms in total. The zero-order valence-electron chi connectivity index (χ0n) is 28.3. The summed E-state index contributed by atoms with van der Waals surface area (Å²) in [6.45, 7) is 21.1. The van der Waals surface area contributed by atoms with Gasteiger partial charge in [0, 0.05) is 10.8 Å². The zero-order valence-corrected chi connectivity index (χ0v) is 28.3. The summed E-state index contributed by atoms with van der Waals surface area (Å²) in [6.07, 6.45) is 1.62. The van der Waals surface area contributed by atoms with Crippen molar-refractivity contribution in [1.29, 1.82) is 0 Å². The van der Waals surface area contributed by atoms with E-state index in [4.69, 9.17) is 0 Å². The second-order valence-corrected chi connectivity index (χ2v) is 13.5. The Morgan fingerprint density at radius 1 is 0.455 bits per heavy atom. The second kappa shape index (κ2) is 13.8. The summed E-state index contributed by atoms with van der Waals surface area (Å²) in [6, 6.07) is 23.4. The largest absolute Gasteiger partial charge is 0.508 e. The van der Waals surface area contributed by atoms with Crippen LogP contribution in [0.1, 0.15) is 126 Å². The lowest BCUT2D eigenvalue weighted by Gasteiger charge is -2.28. The van der Waals surface area contributed by atoms with Crippen LogP contribution >= 0.6 is 0 Å². The number of rotatable bonds is 8. The van der Waals surface area contributed by atoms with E-state index in [1.165, 1.54) is 22.3 Å². The molecule has 4 heteroatoms. The smallest absolute Gasteiger partial charge is 0.119 e. The van der Waals surface area contributed by atoms with Crippen LogP contribution in [0, 0.1) is 0 Å². The number of aromatic hydroxyl groups is 4. The van der Waals surface area contributed by atoms with Gasteiger partial charge < -0.3 is 20.4 Å². The van der Waals surface area contributed by atoms with Gasteiger partial charge in [-0.15, -0.1) is 0 Å². The molecule has 236 valence electrons. The standard InChI is InChI=1S/C21H28O2.C19H24O2/c1-13(2)17-11-15(7-9-19(17)22)21(5,6)16-8-10-20(23)18(12-16)14(3)4;1-5-13-11-15(7-9-17(13)20)19(3,4)16-8-10-18(21)14(6-2)12-16/h7-14,22-23H,1-6H3;7-12,20-21H,5-6H2,1-4H3. The number of hydrogen-bond acceptors (Lipinski definition) is 4. The van der Waals surface area contributed by atoms with Gasteiger partial charge in [-0.2, -0.15) is 0 Å². The van der Waals surface area contributed by atoms with E-state index in [1.807, 2.05) is 38.1 Å². The zero-order chi connectivity index (χ0) is 33.0. The number of hydrogen-bond donors (Lipinski definition) is 4. The average molecular weight is 597 g/mol. The molecule has 4 N–H and O–H groups in total. The maximum absolute atomic E-state index is 10.1. The highest BCUT2D eigenvalue weighted by molar-refractivity contribution is 5.49. The van der Waals surface area contributed by atoms with Crippen molar-refractivity contribution in [2.75, 3.05) is 0 Å². The lowest BCUT2D eigenvalue weighted by molar-refractivity contribution is 0.462. The van der Waals surface area contributed by atoms with Crippen LogP contribution in [0.4, 0.5) is 0 Å². The van der Waals surface area contributed by atoms with Gasteiger partial charge >= 0.3 is 0 Å². The summed E-state index contributed by atoms with van der Waals surface area (Å²) < 4.78 is 0. The predicted octanol–water partition coefficient (Wildman–Crippen LogP) is 10.2. The van der Waals surface area contributed by atoms with E-state index in [9.17, 15) is 20.4 Å². The van der Waals surface area contributed by atoms with Crippen LogP contribution in [0.15, 0.2) is 72.8 Å². The molecule has 0 amide bonds. The Kier molecular flexibility index (Phi) is 10.8. The highest BCUT2D eigenvalue weighted by Gasteiger charge is 2.26. The van der Waals surface area contributed by atoms with Crippen LogP contribution in [-0.2, 0) is 23.7 Å². The molecule has 0 aromatic heterocycles. The van der Waals surface area contributed by atoms with Crippen LogP contribution in [-0.4, -0.2) is 20.4 Å². The molecule has 0 aliphatic rings. The molecule has 0 aliphatic carbocycles. The summed E-state index contributed by atoms with van der Waals surface area (Å²) in [5, 5.41) is 39.8. The predicted molar refractivity (Wildman–Crippen MR) is 184 cm³/mol. The SMILES string of the molecule is CC(C)c1cc(C(C)(C)c2ccc(O)c(C(C)C)c2)ccc1O.CCc1cc(C(C)(C)c2ccc(O)c(CC)c2)ccc1O. The molecule has 0 unspecified atom stereocenters. The first-order valence-electron chi connectivity index (χ1n) is 15.9. The molecule has 0 heterocycles. The number of aryl methyl sites for hydroxylation is 2. The van der Waals surface area contributed by atoms with E-state index in [1.54, 1.807) is 24.3 Å². The third kappa shape index (κ3) is 7.41. The highest BCUT2D eigenvalue weighted by atomic mass is 16.3.